The number of primary amides is 1. The molecule has 2 aromatic heterocycles. The molecular weight excluding hydrogens is 244 g/mol. The molecule has 2 heterocycles. The lowest BCUT2D eigenvalue weighted by Crippen LogP contribution is -2.15. The predicted octanol–water partition coefficient (Wildman–Crippen LogP) is 0.957. The van der Waals surface area contributed by atoms with Gasteiger partial charge in [-0.2, -0.15) is 4.98 Å². The van der Waals surface area contributed by atoms with E-state index in [4.69, 9.17) is 10.5 Å². The SMILES string of the molecule is CCOc1nc2nc(C)cn2cc1C(N)=O.Cl. The fourth-order valence-electron chi connectivity index (χ4n) is 1.44. The molecular formula is C10H13ClN4O2. The van der Waals surface area contributed by atoms with Crippen molar-refractivity contribution in [2.24, 2.45) is 5.73 Å². The highest BCUT2D eigenvalue weighted by atomic mass is 35.5. The van der Waals surface area contributed by atoms with E-state index in [-0.39, 0.29) is 23.9 Å². The molecule has 7 heteroatoms. The minimum Gasteiger partial charge on any atom is -0.477 e. The van der Waals surface area contributed by atoms with E-state index in [9.17, 15) is 4.79 Å². The Balaban J connectivity index is 0.00000144. The molecule has 2 aromatic rings. The second-order valence-corrected chi connectivity index (χ2v) is 3.35. The van der Waals surface area contributed by atoms with Crippen molar-refractivity contribution < 1.29 is 9.53 Å². The zero-order valence-corrected chi connectivity index (χ0v) is 10.3. The largest absolute Gasteiger partial charge is 0.477 e. The number of hydrogen-bond acceptors (Lipinski definition) is 4. The molecule has 0 saturated carbocycles. The molecule has 0 aliphatic carbocycles. The molecule has 1 amide bonds. The van der Waals surface area contributed by atoms with Crippen LogP contribution in [-0.4, -0.2) is 26.9 Å². The first-order valence-electron chi connectivity index (χ1n) is 4.90. The Bertz CT molecular complexity index is 552. The first kappa shape index (κ1) is 13.2. The Hall–Kier alpha value is -1.82. The number of imidazole rings is 1. The van der Waals surface area contributed by atoms with Crippen LogP contribution in [0.25, 0.3) is 5.78 Å². The van der Waals surface area contributed by atoms with Gasteiger partial charge in [-0.3, -0.25) is 9.20 Å². The predicted molar refractivity (Wildman–Crippen MR) is 64.7 cm³/mol. The normalized spacial score (nSPS) is 10.0. The number of carbonyl (C=O) groups excluding carboxylic acids is 1. The summed E-state index contributed by atoms with van der Waals surface area (Å²) < 4.78 is 6.90. The molecule has 0 bridgehead atoms. The summed E-state index contributed by atoms with van der Waals surface area (Å²) in [4.78, 5) is 19.5. The van der Waals surface area contributed by atoms with Crippen molar-refractivity contribution in [2.75, 3.05) is 6.61 Å². The average molecular weight is 257 g/mol. The quantitative estimate of drug-likeness (QED) is 0.887. The number of ether oxygens (including phenoxy) is 1. The first-order valence-corrected chi connectivity index (χ1v) is 4.90. The van der Waals surface area contributed by atoms with Gasteiger partial charge in [-0.25, -0.2) is 4.98 Å². The molecule has 0 aliphatic heterocycles. The average Bonchev–Trinajstić information content (AvgIpc) is 2.56. The summed E-state index contributed by atoms with van der Waals surface area (Å²) in [5, 5.41) is 0. The summed E-state index contributed by atoms with van der Waals surface area (Å²) in [5.41, 5.74) is 6.32. The van der Waals surface area contributed by atoms with Crippen molar-refractivity contribution in [1.82, 2.24) is 14.4 Å². The summed E-state index contributed by atoms with van der Waals surface area (Å²) >= 11 is 0. The zero-order valence-electron chi connectivity index (χ0n) is 9.51. The van der Waals surface area contributed by atoms with Crippen LogP contribution in [-0.2, 0) is 0 Å². The first-order chi connectivity index (χ1) is 7.61. The minimum atomic E-state index is -0.566. The number of aromatic nitrogens is 3. The molecule has 2 rings (SSSR count). The number of carbonyl (C=O) groups is 1. The smallest absolute Gasteiger partial charge is 0.255 e. The van der Waals surface area contributed by atoms with Gasteiger partial charge < -0.3 is 10.5 Å². The highest BCUT2D eigenvalue weighted by Gasteiger charge is 2.13. The second kappa shape index (κ2) is 5.01. The summed E-state index contributed by atoms with van der Waals surface area (Å²) in [6, 6.07) is 0. The third-order valence-electron chi connectivity index (χ3n) is 2.08. The third kappa shape index (κ3) is 2.47. The lowest BCUT2D eigenvalue weighted by Gasteiger charge is -2.06. The molecule has 6 nitrogen and oxygen atoms in total. The maximum absolute atomic E-state index is 11.2. The Morgan fingerprint density at radius 3 is 2.76 bits per heavy atom. The molecule has 0 spiro atoms. The molecule has 0 aliphatic rings. The zero-order chi connectivity index (χ0) is 11.7. The van der Waals surface area contributed by atoms with Crippen molar-refractivity contribution in [1.29, 1.82) is 0 Å². The molecule has 0 atom stereocenters. The fraction of sp³-hybridized carbons (Fsp3) is 0.300. The van der Waals surface area contributed by atoms with Gasteiger partial charge in [-0.1, -0.05) is 0 Å². The molecule has 0 fully saturated rings. The number of rotatable bonds is 3. The maximum atomic E-state index is 11.2. The number of fused-ring (bicyclic) bond motifs is 1. The molecule has 0 unspecified atom stereocenters. The van der Waals surface area contributed by atoms with Gasteiger partial charge in [0.2, 0.25) is 11.7 Å². The van der Waals surface area contributed by atoms with E-state index in [1.165, 1.54) is 0 Å². The summed E-state index contributed by atoms with van der Waals surface area (Å²) in [7, 11) is 0. The topological polar surface area (TPSA) is 82.5 Å². The molecule has 17 heavy (non-hydrogen) atoms. The monoisotopic (exact) mass is 256 g/mol. The summed E-state index contributed by atoms with van der Waals surface area (Å²) in [5.74, 6) is 0.156. The molecule has 0 saturated heterocycles. The van der Waals surface area contributed by atoms with Crippen LogP contribution < -0.4 is 10.5 Å². The lowest BCUT2D eigenvalue weighted by atomic mass is 10.3. The molecule has 0 aromatic carbocycles. The Morgan fingerprint density at radius 1 is 1.47 bits per heavy atom. The Morgan fingerprint density at radius 2 is 2.18 bits per heavy atom. The molecule has 0 radical (unpaired) electrons. The van der Waals surface area contributed by atoms with Gasteiger partial charge in [0.15, 0.2) is 0 Å². The molecule has 92 valence electrons. The highest BCUT2D eigenvalue weighted by Crippen LogP contribution is 2.16. The van der Waals surface area contributed by atoms with E-state index < -0.39 is 5.91 Å². The van der Waals surface area contributed by atoms with Crippen LogP contribution in [0.4, 0.5) is 0 Å². The fourth-order valence-corrected chi connectivity index (χ4v) is 1.44. The van der Waals surface area contributed by atoms with E-state index in [1.54, 1.807) is 16.8 Å². The van der Waals surface area contributed by atoms with Crippen molar-refractivity contribution in [3.05, 3.63) is 23.7 Å². The highest BCUT2D eigenvalue weighted by molar-refractivity contribution is 5.95. The van der Waals surface area contributed by atoms with Gasteiger partial charge in [0.05, 0.1) is 12.3 Å². The van der Waals surface area contributed by atoms with E-state index in [0.717, 1.165) is 5.69 Å². The van der Waals surface area contributed by atoms with Crippen molar-refractivity contribution in [3.8, 4) is 5.88 Å². The van der Waals surface area contributed by atoms with Gasteiger partial charge in [-0.05, 0) is 13.8 Å². The van der Waals surface area contributed by atoms with E-state index in [1.807, 2.05) is 13.8 Å². The van der Waals surface area contributed by atoms with Crippen LogP contribution in [0.1, 0.15) is 23.0 Å². The van der Waals surface area contributed by atoms with Crippen LogP contribution in [0, 0.1) is 6.92 Å². The van der Waals surface area contributed by atoms with Gasteiger partial charge in [0.1, 0.15) is 5.56 Å². The minimum absolute atomic E-state index is 0. The third-order valence-corrected chi connectivity index (χ3v) is 2.08. The van der Waals surface area contributed by atoms with E-state index >= 15 is 0 Å². The van der Waals surface area contributed by atoms with Gasteiger partial charge in [0, 0.05) is 12.4 Å². The number of halogens is 1. The number of nitrogens with two attached hydrogens (primary N) is 1. The van der Waals surface area contributed by atoms with Crippen LogP contribution in [0.15, 0.2) is 12.4 Å². The number of amides is 1. The Labute approximate surface area is 104 Å². The summed E-state index contributed by atoms with van der Waals surface area (Å²) in [6.07, 6.45) is 3.35. The van der Waals surface area contributed by atoms with Crippen LogP contribution >= 0.6 is 12.4 Å². The maximum Gasteiger partial charge on any atom is 0.255 e. The standard InChI is InChI=1S/C10H12N4O2.ClH/c1-3-16-9-7(8(11)15)5-14-4-6(2)12-10(14)13-9;/h4-5H,3H2,1-2H3,(H2,11,15);1H. The Kier molecular flexibility index (Phi) is 3.90. The van der Waals surface area contributed by atoms with Gasteiger partial charge >= 0.3 is 0 Å². The molecule has 2 N–H and O–H groups in total. The van der Waals surface area contributed by atoms with Crippen molar-refractivity contribution in [3.63, 3.8) is 0 Å². The lowest BCUT2D eigenvalue weighted by molar-refractivity contribution is 0.0995. The number of hydrogen-bond donors (Lipinski definition) is 1. The number of aryl methyl sites for hydroxylation is 1. The second-order valence-electron chi connectivity index (χ2n) is 3.35. The van der Waals surface area contributed by atoms with E-state index in [0.29, 0.717) is 12.4 Å². The van der Waals surface area contributed by atoms with Crippen LogP contribution in [0.2, 0.25) is 0 Å². The van der Waals surface area contributed by atoms with E-state index in [2.05, 4.69) is 9.97 Å². The van der Waals surface area contributed by atoms with Gasteiger partial charge in [0.25, 0.3) is 5.91 Å². The van der Waals surface area contributed by atoms with Crippen molar-refractivity contribution >= 4 is 24.1 Å². The van der Waals surface area contributed by atoms with Crippen LogP contribution in [0.5, 0.6) is 5.88 Å². The summed E-state index contributed by atoms with van der Waals surface area (Å²) in [6.45, 7) is 4.08. The van der Waals surface area contributed by atoms with Gasteiger partial charge in [-0.15, -0.1) is 12.4 Å². The number of nitrogens with zero attached hydrogens (tertiary/aromatic N) is 3. The van der Waals surface area contributed by atoms with Crippen LogP contribution in [0.3, 0.4) is 0 Å². The van der Waals surface area contributed by atoms with Crippen molar-refractivity contribution in [2.45, 2.75) is 13.8 Å².